The van der Waals surface area contributed by atoms with E-state index >= 15 is 0 Å². The van der Waals surface area contributed by atoms with Gasteiger partial charge in [-0.2, -0.15) is 0 Å². The van der Waals surface area contributed by atoms with Crippen molar-refractivity contribution >= 4 is 25.5 Å². The summed E-state index contributed by atoms with van der Waals surface area (Å²) in [7, 11) is -2.68. The molecule has 3 saturated heterocycles. The number of piperidine rings is 1. The third kappa shape index (κ3) is 13.5. The number of phosphoric ester groups is 1. The molecule has 4 atom stereocenters. The molecule has 0 aliphatic carbocycles. The molecule has 0 radical (unpaired) electrons. The zero-order chi connectivity index (χ0) is 51.3. The van der Waals surface area contributed by atoms with Gasteiger partial charge < -0.3 is 49.7 Å². The maximum absolute atomic E-state index is 14.8. The summed E-state index contributed by atoms with van der Waals surface area (Å²) < 4.78 is 65.3. The lowest BCUT2D eigenvalue weighted by Gasteiger charge is -2.41. The molecule has 4 unspecified atom stereocenters. The van der Waals surface area contributed by atoms with Gasteiger partial charge in [0.2, 0.25) is 17.7 Å². The second kappa shape index (κ2) is 22.3. The summed E-state index contributed by atoms with van der Waals surface area (Å²) in [6, 6.07) is 19.9. The van der Waals surface area contributed by atoms with Gasteiger partial charge in [-0.1, -0.05) is 42.5 Å². The van der Waals surface area contributed by atoms with Crippen LogP contribution in [0, 0.1) is 23.4 Å². The smallest absolute Gasteiger partial charge is 0.466 e. The molecule has 3 heterocycles. The minimum Gasteiger partial charge on any atom is -0.466 e. The van der Waals surface area contributed by atoms with Gasteiger partial charge in [0.05, 0.1) is 37.8 Å². The molecule has 3 fully saturated rings. The number of phosphoric acid groups is 1. The minimum atomic E-state index is -4.78. The number of rotatable bonds is 18. The topological polar surface area (TPSA) is 198 Å². The largest absolute Gasteiger partial charge is 0.472 e. The van der Waals surface area contributed by atoms with Gasteiger partial charge in [-0.15, -0.1) is 0 Å². The maximum Gasteiger partial charge on any atom is 0.472 e. The van der Waals surface area contributed by atoms with Crippen molar-refractivity contribution in [2.75, 3.05) is 53.1 Å². The lowest BCUT2D eigenvalue weighted by atomic mass is 9.67. The van der Waals surface area contributed by atoms with Crippen LogP contribution in [0.25, 0.3) is 0 Å². The molecular weight excluding hydrogens is 943 g/mol. The van der Waals surface area contributed by atoms with Gasteiger partial charge in [-0.25, -0.2) is 22.3 Å². The zero-order valence-corrected chi connectivity index (χ0v) is 41.5. The number of carbonyl (C=O) groups is 3. The molecular formula is C52H66F3N5O10P+. The highest BCUT2D eigenvalue weighted by Gasteiger charge is 2.48. The first-order chi connectivity index (χ1) is 33.5. The van der Waals surface area contributed by atoms with Crippen LogP contribution in [-0.2, 0) is 35.4 Å². The Balaban J connectivity index is 1.01. The Bertz CT molecular complexity index is 2420. The molecule has 4 aromatic carbocycles. The Morgan fingerprint density at radius 1 is 0.831 bits per heavy atom. The molecule has 3 amide bonds. The van der Waals surface area contributed by atoms with Crippen LogP contribution in [0.5, 0.6) is 5.75 Å². The molecule has 19 heteroatoms. The Kier molecular flexibility index (Phi) is 16.8. The van der Waals surface area contributed by atoms with Crippen LogP contribution in [0.15, 0.2) is 91.0 Å². The van der Waals surface area contributed by atoms with Crippen LogP contribution in [0.4, 0.5) is 13.2 Å². The number of aliphatic hydroxyl groups excluding tert-OH is 2. The molecule has 0 spiro atoms. The van der Waals surface area contributed by atoms with Crippen LogP contribution in [0.1, 0.15) is 93.2 Å². The monoisotopic (exact) mass is 1010 g/mol. The fourth-order valence-electron chi connectivity index (χ4n) is 10.3. The number of nitrogens with zero attached hydrogens (tertiary/aromatic N) is 3. The fourth-order valence-corrected chi connectivity index (χ4v) is 10.5. The maximum atomic E-state index is 14.8. The number of β-amino-alcohol motifs (C(OH)–C–C–N with tert-alkyl or cyclic N) is 2. The van der Waals surface area contributed by atoms with Gasteiger partial charge in [0, 0.05) is 63.0 Å². The Morgan fingerprint density at radius 3 is 1.93 bits per heavy atom. The van der Waals surface area contributed by atoms with E-state index in [1.165, 1.54) is 82.6 Å². The van der Waals surface area contributed by atoms with Crippen molar-refractivity contribution in [2.24, 2.45) is 5.92 Å². The van der Waals surface area contributed by atoms with E-state index in [4.69, 9.17) is 4.74 Å². The third-order valence-corrected chi connectivity index (χ3v) is 14.6. The van der Waals surface area contributed by atoms with E-state index in [0.29, 0.717) is 65.0 Å². The molecule has 6 N–H and O–H groups in total. The SMILES string of the molecule is CC(C)(C)NCC(O)c1ccc(OCOP(=O)(O)O)c(C[N+]2(C)CCC(CNC(=O)C3CCCN3C(=O)C3CC(O)CN3C(=O)CC(c3ccc(F)cc3)(c3ccc(F)cc3)c3ccc(F)cc3)CC2)c1. The molecule has 0 aromatic heterocycles. The lowest BCUT2D eigenvalue weighted by molar-refractivity contribution is -0.928. The Labute approximate surface area is 412 Å². The second-order valence-corrected chi connectivity index (χ2v) is 21.8. The number of hydrogen-bond acceptors (Lipinski definition) is 9. The Hall–Kier alpha value is -5.17. The van der Waals surface area contributed by atoms with Crippen molar-refractivity contribution in [3.63, 3.8) is 0 Å². The fraction of sp³-hybridized carbons (Fsp3) is 0.481. The number of carbonyl (C=O) groups excluding carboxylic acids is 3. The molecule has 0 saturated carbocycles. The lowest BCUT2D eigenvalue weighted by Crippen LogP contribution is -2.54. The van der Waals surface area contributed by atoms with Crippen molar-refractivity contribution in [1.29, 1.82) is 0 Å². The summed E-state index contributed by atoms with van der Waals surface area (Å²) in [4.78, 5) is 64.5. The Morgan fingerprint density at radius 2 is 1.39 bits per heavy atom. The van der Waals surface area contributed by atoms with Gasteiger partial charge in [-0.05, 0) is 110 Å². The number of quaternary nitrogens is 1. The standard InChI is InChI=1S/C52H65F3N5O10P/c1-51(2,3)57-30-46(62)35-7-20-47(69-33-70-71(66,67)68)36(26-35)32-60(4)24-21-34(22-25-60)29-56-49(64)44-6-5-23-58(44)50(65)45-27-43(61)31-59(45)48(63)28-52(37-8-14-40(53)15-9-37,38-10-16-41(54)17-11-38)39-12-18-42(55)19-13-39/h7-20,26,34,43-46,57,61-62H,5-6,21-25,27-33H2,1-4H3,(H2-,56,64,66,67,68)/p+1. The second-order valence-electron chi connectivity index (χ2n) is 20.6. The zero-order valence-electron chi connectivity index (χ0n) is 40.6. The number of nitrogens with one attached hydrogen (secondary N) is 2. The van der Waals surface area contributed by atoms with Crippen LogP contribution >= 0.6 is 7.82 Å². The van der Waals surface area contributed by atoms with Crippen molar-refractivity contribution in [2.45, 2.75) is 101 Å². The number of benzene rings is 4. The molecule has 384 valence electrons. The summed E-state index contributed by atoms with van der Waals surface area (Å²) in [6.07, 6.45) is 0.208. The average molecular weight is 1010 g/mol. The van der Waals surface area contributed by atoms with E-state index in [1.54, 1.807) is 12.1 Å². The molecule has 15 nitrogen and oxygen atoms in total. The molecule has 71 heavy (non-hydrogen) atoms. The molecule has 3 aliphatic heterocycles. The van der Waals surface area contributed by atoms with Crippen molar-refractivity contribution in [3.8, 4) is 5.75 Å². The molecule has 7 rings (SSSR count). The van der Waals surface area contributed by atoms with Crippen LogP contribution in [0.2, 0.25) is 0 Å². The molecule has 0 bridgehead atoms. The first kappa shape index (κ1) is 53.6. The van der Waals surface area contributed by atoms with Crippen LogP contribution in [-0.4, -0.2) is 129 Å². The minimum absolute atomic E-state index is 0.0563. The van der Waals surface area contributed by atoms with E-state index in [2.05, 4.69) is 22.2 Å². The number of amides is 3. The number of halogens is 3. The third-order valence-electron chi connectivity index (χ3n) is 14.2. The van der Waals surface area contributed by atoms with Crippen molar-refractivity contribution in [3.05, 3.63) is 136 Å². The average Bonchev–Trinajstić information content (AvgIpc) is 3.98. The van der Waals surface area contributed by atoms with Crippen molar-refractivity contribution in [1.82, 2.24) is 20.4 Å². The predicted octanol–water partition coefficient (Wildman–Crippen LogP) is 5.82. The van der Waals surface area contributed by atoms with Gasteiger partial charge >= 0.3 is 7.82 Å². The summed E-state index contributed by atoms with van der Waals surface area (Å²) >= 11 is 0. The van der Waals surface area contributed by atoms with Gasteiger partial charge in [0.1, 0.15) is 41.8 Å². The normalized spacial score (nSPS) is 22.4. The highest BCUT2D eigenvalue weighted by Crippen LogP contribution is 2.44. The van der Waals surface area contributed by atoms with E-state index < -0.39 is 73.6 Å². The summed E-state index contributed by atoms with van der Waals surface area (Å²) in [5.74, 6) is -2.39. The van der Waals surface area contributed by atoms with Crippen molar-refractivity contribution < 1.29 is 65.9 Å². The summed E-state index contributed by atoms with van der Waals surface area (Å²) in [5.41, 5.74) is 1.15. The first-order valence-electron chi connectivity index (χ1n) is 24.1. The van der Waals surface area contributed by atoms with Gasteiger partial charge in [0.15, 0.2) is 6.79 Å². The molecule has 3 aliphatic rings. The van der Waals surface area contributed by atoms with Crippen LogP contribution in [0.3, 0.4) is 0 Å². The first-order valence-corrected chi connectivity index (χ1v) is 25.6. The summed E-state index contributed by atoms with van der Waals surface area (Å²) in [5, 5.41) is 28.4. The summed E-state index contributed by atoms with van der Waals surface area (Å²) in [6.45, 7) is 8.06. The number of ether oxygens (including phenoxy) is 1. The number of hydrogen-bond donors (Lipinski definition) is 6. The predicted molar refractivity (Wildman–Crippen MR) is 258 cm³/mol. The highest BCUT2D eigenvalue weighted by molar-refractivity contribution is 7.46. The highest BCUT2D eigenvalue weighted by atomic mass is 31.2. The van der Waals surface area contributed by atoms with E-state index in [9.17, 15) is 52.1 Å². The van der Waals surface area contributed by atoms with Gasteiger partial charge in [0.25, 0.3) is 0 Å². The van der Waals surface area contributed by atoms with E-state index in [0.717, 1.165) is 31.5 Å². The molecule has 4 aromatic rings. The number of likely N-dealkylation sites (tertiary alicyclic amines) is 3. The number of aliphatic hydroxyl groups is 2. The van der Waals surface area contributed by atoms with Crippen LogP contribution < -0.4 is 15.4 Å². The quantitative estimate of drug-likeness (QED) is 0.0304. The van der Waals surface area contributed by atoms with E-state index in [1.807, 2.05) is 26.8 Å². The van der Waals surface area contributed by atoms with Gasteiger partial charge in [-0.3, -0.25) is 14.4 Å². The van der Waals surface area contributed by atoms with E-state index in [-0.39, 0.29) is 43.3 Å².